The second-order valence-corrected chi connectivity index (χ2v) is 5.68. The third-order valence-corrected chi connectivity index (χ3v) is 4.35. The first-order chi connectivity index (χ1) is 9.34. The van der Waals surface area contributed by atoms with Crippen molar-refractivity contribution < 1.29 is 4.79 Å². The number of carbonyl (C=O) groups excluding carboxylic acids is 1. The van der Waals surface area contributed by atoms with Gasteiger partial charge in [-0.15, -0.1) is 0 Å². The highest BCUT2D eigenvalue weighted by Gasteiger charge is 2.24. The Morgan fingerprint density at radius 1 is 1.26 bits per heavy atom. The van der Waals surface area contributed by atoms with E-state index in [1.54, 1.807) is 0 Å². The van der Waals surface area contributed by atoms with Gasteiger partial charge in [-0.05, 0) is 56.3 Å². The van der Waals surface area contributed by atoms with Crippen molar-refractivity contribution in [1.82, 2.24) is 5.32 Å². The van der Waals surface area contributed by atoms with Gasteiger partial charge < -0.3 is 10.2 Å². The number of amides is 1. The summed E-state index contributed by atoms with van der Waals surface area (Å²) in [6, 6.07) is 8.34. The van der Waals surface area contributed by atoms with E-state index in [4.69, 9.17) is 0 Å². The van der Waals surface area contributed by atoms with Gasteiger partial charge in [0.1, 0.15) is 0 Å². The van der Waals surface area contributed by atoms with Crippen molar-refractivity contribution in [3.8, 4) is 0 Å². The molecule has 2 aliphatic rings. The highest BCUT2D eigenvalue weighted by Crippen LogP contribution is 2.28. The lowest BCUT2D eigenvalue weighted by molar-refractivity contribution is -0.118. The minimum absolute atomic E-state index is 0.294. The SMILES string of the molecule is O=C1CCc2ccccc2N1CCC1CCCNC1. The van der Waals surface area contributed by atoms with Crippen molar-refractivity contribution in [2.45, 2.75) is 32.1 Å². The predicted octanol–water partition coefficient (Wildman–Crippen LogP) is 2.36. The second-order valence-electron chi connectivity index (χ2n) is 5.68. The molecule has 3 nitrogen and oxygen atoms in total. The fraction of sp³-hybridized carbons (Fsp3) is 0.562. The number of aryl methyl sites for hydroxylation is 1. The van der Waals surface area contributed by atoms with Gasteiger partial charge in [0.15, 0.2) is 0 Å². The molecule has 2 heterocycles. The van der Waals surface area contributed by atoms with Crippen LogP contribution in [-0.2, 0) is 11.2 Å². The summed E-state index contributed by atoms with van der Waals surface area (Å²) < 4.78 is 0. The van der Waals surface area contributed by atoms with Crippen molar-refractivity contribution in [2.75, 3.05) is 24.5 Å². The number of para-hydroxylation sites is 1. The maximum atomic E-state index is 12.1. The van der Waals surface area contributed by atoms with Crippen LogP contribution in [0.2, 0.25) is 0 Å². The van der Waals surface area contributed by atoms with E-state index in [0.717, 1.165) is 44.1 Å². The minimum atomic E-state index is 0.294. The molecule has 1 aromatic carbocycles. The standard InChI is InChI=1S/C16H22N2O/c19-16-8-7-14-5-1-2-6-15(14)18(16)11-9-13-4-3-10-17-12-13/h1-2,5-6,13,17H,3-4,7-12H2. The second kappa shape index (κ2) is 5.74. The molecule has 1 atom stereocenters. The van der Waals surface area contributed by atoms with Gasteiger partial charge in [0.25, 0.3) is 0 Å². The summed E-state index contributed by atoms with van der Waals surface area (Å²) in [7, 11) is 0. The summed E-state index contributed by atoms with van der Waals surface area (Å²) >= 11 is 0. The first-order valence-electron chi connectivity index (χ1n) is 7.43. The maximum absolute atomic E-state index is 12.1. The van der Waals surface area contributed by atoms with E-state index in [1.807, 2.05) is 11.0 Å². The summed E-state index contributed by atoms with van der Waals surface area (Å²) in [5.74, 6) is 1.03. The van der Waals surface area contributed by atoms with Crippen molar-refractivity contribution in [3.63, 3.8) is 0 Å². The maximum Gasteiger partial charge on any atom is 0.227 e. The largest absolute Gasteiger partial charge is 0.316 e. The van der Waals surface area contributed by atoms with Crippen molar-refractivity contribution in [2.24, 2.45) is 5.92 Å². The molecule has 0 spiro atoms. The Morgan fingerprint density at radius 3 is 3.00 bits per heavy atom. The third-order valence-electron chi connectivity index (χ3n) is 4.35. The number of piperidine rings is 1. The number of benzene rings is 1. The molecule has 0 aromatic heterocycles. The molecule has 1 N–H and O–H groups in total. The van der Waals surface area contributed by atoms with Crippen LogP contribution in [0.4, 0.5) is 5.69 Å². The monoisotopic (exact) mass is 258 g/mol. The first kappa shape index (κ1) is 12.7. The fourth-order valence-corrected chi connectivity index (χ4v) is 3.22. The summed E-state index contributed by atoms with van der Waals surface area (Å²) in [6.07, 6.45) is 5.26. The Bertz CT molecular complexity index is 452. The lowest BCUT2D eigenvalue weighted by atomic mass is 9.95. The quantitative estimate of drug-likeness (QED) is 0.902. The highest BCUT2D eigenvalue weighted by molar-refractivity contribution is 5.96. The summed E-state index contributed by atoms with van der Waals surface area (Å²) in [4.78, 5) is 14.1. The average Bonchev–Trinajstić information content (AvgIpc) is 2.47. The van der Waals surface area contributed by atoms with Crippen LogP contribution in [0, 0.1) is 5.92 Å². The van der Waals surface area contributed by atoms with Crippen LogP contribution in [0.15, 0.2) is 24.3 Å². The summed E-state index contributed by atoms with van der Waals surface area (Å²) in [6.45, 7) is 3.15. The Labute approximate surface area is 115 Å². The van der Waals surface area contributed by atoms with E-state index in [9.17, 15) is 4.79 Å². The third kappa shape index (κ3) is 2.81. The molecule has 1 fully saturated rings. The Hall–Kier alpha value is -1.35. The van der Waals surface area contributed by atoms with Crippen molar-refractivity contribution >= 4 is 11.6 Å². The molecular weight excluding hydrogens is 236 g/mol. The number of fused-ring (bicyclic) bond motifs is 1. The molecule has 0 bridgehead atoms. The van der Waals surface area contributed by atoms with Gasteiger partial charge in [-0.2, -0.15) is 0 Å². The topological polar surface area (TPSA) is 32.3 Å². The summed E-state index contributed by atoms with van der Waals surface area (Å²) in [5, 5.41) is 3.45. The molecule has 1 unspecified atom stereocenters. The van der Waals surface area contributed by atoms with E-state index >= 15 is 0 Å². The van der Waals surface area contributed by atoms with E-state index in [0.29, 0.717) is 12.3 Å². The van der Waals surface area contributed by atoms with E-state index in [1.165, 1.54) is 18.4 Å². The number of anilines is 1. The summed E-state index contributed by atoms with van der Waals surface area (Å²) in [5.41, 5.74) is 2.46. The van der Waals surface area contributed by atoms with Crippen LogP contribution < -0.4 is 10.2 Å². The Balaban J connectivity index is 1.67. The van der Waals surface area contributed by atoms with Crippen LogP contribution in [0.5, 0.6) is 0 Å². The van der Waals surface area contributed by atoms with Gasteiger partial charge in [-0.1, -0.05) is 18.2 Å². The van der Waals surface area contributed by atoms with E-state index < -0.39 is 0 Å². The van der Waals surface area contributed by atoms with Gasteiger partial charge >= 0.3 is 0 Å². The lowest BCUT2D eigenvalue weighted by Gasteiger charge is -2.31. The van der Waals surface area contributed by atoms with Crippen LogP contribution in [0.3, 0.4) is 0 Å². The average molecular weight is 258 g/mol. The van der Waals surface area contributed by atoms with E-state index in [2.05, 4.69) is 23.5 Å². The first-order valence-corrected chi connectivity index (χ1v) is 7.43. The molecule has 1 saturated heterocycles. The zero-order valence-electron chi connectivity index (χ0n) is 11.4. The van der Waals surface area contributed by atoms with Crippen LogP contribution in [-0.4, -0.2) is 25.5 Å². The molecule has 102 valence electrons. The number of carbonyl (C=O) groups is 1. The number of nitrogens with one attached hydrogen (secondary N) is 1. The minimum Gasteiger partial charge on any atom is -0.316 e. The van der Waals surface area contributed by atoms with Gasteiger partial charge in [-0.3, -0.25) is 4.79 Å². The molecule has 1 aromatic rings. The number of nitrogens with zero attached hydrogens (tertiary/aromatic N) is 1. The Morgan fingerprint density at radius 2 is 2.16 bits per heavy atom. The highest BCUT2D eigenvalue weighted by atomic mass is 16.2. The Kier molecular flexibility index (Phi) is 3.83. The van der Waals surface area contributed by atoms with Gasteiger partial charge in [0.2, 0.25) is 5.91 Å². The molecule has 0 radical (unpaired) electrons. The van der Waals surface area contributed by atoms with E-state index in [-0.39, 0.29) is 0 Å². The molecular formula is C16H22N2O. The zero-order chi connectivity index (χ0) is 13.1. The zero-order valence-corrected chi connectivity index (χ0v) is 11.4. The van der Waals surface area contributed by atoms with Gasteiger partial charge in [-0.25, -0.2) is 0 Å². The molecule has 0 saturated carbocycles. The molecule has 0 aliphatic carbocycles. The smallest absolute Gasteiger partial charge is 0.227 e. The normalized spacial score (nSPS) is 23.3. The fourth-order valence-electron chi connectivity index (χ4n) is 3.22. The molecule has 3 heteroatoms. The molecule has 2 aliphatic heterocycles. The number of hydrogen-bond acceptors (Lipinski definition) is 2. The predicted molar refractivity (Wildman–Crippen MR) is 77.3 cm³/mol. The van der Waals surface area contributed by atoms with Crippen LogP contribution >= 0.6 is 0 Å². The van der Waals surface area contributed by atoms with Crippen LogP contribution in [0.1, 0.15) is 31.2 Å². The van der Waals surface area contributed by atoms with Crippen molar-refractivity contribution in [3.05, 3.63) is 29.8 Å². The lowest BCUT2D eigenvalue weighted by Crippen LogP contribution is -2.38. The molecule has 1 amide bonds. The number of hydrogen-bond donors (Lipinski definition) is 1. The number of rotatable bonds is 3. The molecule has 19 heavy (non-hydrogen) atoms. The molecule has 3 rings (SSSR count). The van der Waals surface area contributed by atoms with Crippen molar-refractivity contribution in [1.29, 1.82) is 0 Å². The van der Waals surface area contributed by atoms with Crippen LogP contribution in [0.25, 0.3) is 0 Å². The van der Waals surface area contributed by atoms with Gasteiger partial charge in [0, 0.05) is 18.7 Å². The van der Waals surface area contributed by atoms with Gasteiger partial charge in [0.05, 0.1) is 0 Å².